The number of carbonyl (C=O) groups excluding carboxylic acids is 1. The zero-order valence-electron chi connectivity index (χ0n) is 10.3. The van der Waals surface area contributed by atoms with Gasteiger partial charge in [-0.25, -0.2) is 8.78 Å². The van der Waals surface area contributed by atoms with E-state index in [1.807, 2.05) is 0 Å². The quantitative estimate of drug-likeness (QED) is 0.898. The van der Waals surface area contributed by atoms with Gasteiger partial charge in [0, 0.05) is 6.04 Å². The summed E-state index contributed by atoms with van der Waals surface area (Å²) < 4.78 is 26.5. The van der Waals surface area contributed by atoms with Gasteiger partial charge < -0.3 is 5.32 Å². The van der Waals surface area contributed by atoms with E-state index in [0.717, 1.165) is 30.4 Å². The van der Waals surface area contributed by atoms with Gasteiger partial charge in [-0.3, -0.25) is 9.48 Å². The molecule has 1 saturated carbocycles. The van der Waals surface area contributed by atoms with Gasteiger partial charge in [0.15, 0.2) is 0 Å². The zero-order chi connectivity index (χ0) is 13.1. The number of aryl methyl sites for hydroxylation is 1. The Morgan fingerprint density at radius 3 is 2.83 bits per heavy atom. The molecule has 0 bridgehead atoms. The highest BCUT2D eigenvalue weighted by molar-refractivity contribution is 5.76. The average Bonchev–Trinajstić information content (AvgIpc) is 2.88. The summed E-state index contributed by atoms with van der Waals surface area (Å²) in [7, 11) is 0. The lowest BCUT2D eigenvalue weighted by Crippen LogP contribution is -2.35. The minimum absolute atomic E-state index is 0.135. The lowest BCUT2D eigenvalue weighted by molar-refractivity contribution is -0.122. The molecule has 1 aromatic rings. The minimum Gasteiger partial charge on any atom is -0.352 e. The van der Waals surface area contributed by atoms with Crippen molar-refractivity contribution in [3.05, 3.63) is 17.5 Å². The Bertz CT molecular complexity index is 425. The molecule has 2 rings (SSSR count). The van der Waals surface area contributed by atoms with Gasteiger partial charge in [0.1, 0.15) is 12.2 Å². The summed E-state index contributed by atoms with van der Waals surface area (Å²) in [6.07, 6.45) is 1.59. The number of aromatic nitrogens is 2. The first-order valence-electron chi connectivity index (χ1n) is 6.18. The molecule has 100 valence electrons. The van der Waals surface area contributed by atoms with Crippen molar-refractivity contribution in [2.75, 3.05) is 0 Å². The van der Waals surface area contributed by atoms with E-state index in [4.69, 9.17) is 0 Å². The summed E-state index contributed by atoms with van der Waals surface area (Å²) in [5, 5.41) is 6.78. The molecule has 0 atom stereocenters. The number of nitrogens with zero attached hydrogens (tertiary/aromatic N) is 2. The fourth-order valence-electron chi connectivity index (χ4n) is 2.35. The number of amides is 1. The van der Waals surface area contributed by atoms with Gasteiger partial charge in [0.25, 0.3) is 6.43 Å². The highest BCUT2D eigenvalue weighted by Gasteiger charge is 2.20. The van der Waals surface area contributed by atoms with Crippen molar-refractivity contribution in [2.45, 2.75) is 51.6 Å². The second-order valence-electron chi connectivity index (χ2n) is 4.72. The molecule has 0 spiro atoms. The highest BCUT2D eigenvalue weighted by atomic mass is 19.3. The highest BCUT2D eigenvalue weighted by Crippen LogP contribution is 2.20. The Morgan fingerprint density at radius 1 is 1.56 bits per heavy atom. The largest absolute Gasteiger partial charge is 0.352 e. The smallest absolute Gasteiger partial charge is 0.280 e. The van der Waals surface area contributed by atoms with Crippen LogP contribution < -0.4 is 5.32 Å². The Labute approximate surface area is 104 Å². The summed E-state index contributed by atoms with van der Waals surface area (Å²) in [4.78, 5) is 11.7. The van der Waals surface area contributed by atoms with Crippen LogP contribution in [0.15, 0.2) is 6.07 Å². The van der Waals surface area contributed by atoms with Crippen LogP contribution >= 0.6 is 0 Å². The van der Waals surface area contributed by atoms with E-state index in [9.17, 15) is 13.6 Å². The molecule has 4 nitrogen and oxygen atoms in total. The summed E-state index contributed by atoms with van der Waals surface area (Å²) in [6, 6.07) is 1.51. The maximum absolute atomic E-state index is 12.7. The summed E-state index contributed by atoms with van der Waals surface area (Å²) in [6.45, 7) is 1.50. The molecule has 1 fully saturated rings. The number of carbonyl (C=O) groups is 1. The number of nitrogens with one attached hydrogen (secondary N) is 1. The van der Waals surface area contributed by atoms with Crippen molar-refractivity contribution in [1.82, 2.24) is 15.1 Å². The Morgan fingerprint density at radius 2 is 2.22 bits per heavy atom. The van der Waals surface area contributed by atoms with E-state index < -0.39 is 6.43 Å². The molecule has 1 aromatic heterocycles. The van der Waals surface area contributed by atoms with Gasteiger partial charge in [-0.05, 0) is 25.8 Å². The van der Waals surface area contributed by atoms with Gasteiger partial charge in [-0.1, -0.05) is 12.8 Å². The molecule has 0 radical (unpaired) electrons. The topological polar surface area (TPSA) is 46.9 Å². The van der Waals surface area contributed by atoms with E-state index in [-0.39, 0.29) is 24.2 Å². The number of halogens is 2. The van der Waals surface area contributed by atoms with Crippen LogP contribution in [0.2, 0.25) is 0 Å². The molecule has 1 aliphatic carbocycles. The third-order valence-corrected chi connectivity index (χ3v) is 3.17. The van der Waals surface area contributed by atoms with E-state index in [1.54, 1.807) is 6.92 Å². The van der Waals surface area contributed by atoms with Gasteiger partial charge in [0.2, 0.25) is 5.91 Å². The third-order valence-electron chi connectivity index (χ3n) is 3.17. The standard InChI is InChI=1S/C12H17F2N3O/c1-8-6-10(12(13)14)17(16-8)7-11(18)15-9-4-2-3-5-9/h6,9,12H,2-5,7H2,1H3,(H,15,18). The molecule has 1 aliphatic rings. The van der Waals surface area contributed by atoms with Crippen LogP contribution in [0, 0.1) is 6.92 Å². The van der Waals surface area contributed by atoms with E-state index in [0.29, 0.717) is 5.69 Å². The van der Waals surface area contributed by atoms with Gasteiger partial charge in [-0.15, -0.1) is 0 Å². The second kappa shape index (κ2) is 5.46. The second-order valence-corrected chi connectivity index (χ2v) is 4.72. The van der Waals surface area contributed by atoms with E-state index in [2.05, 4.69) is 10.4 Å². The monoisotopic (exact) mass is 257 g/mol. The number of alkyl halides is 2. The Balaban J connectivity index is 1.97. The first-order valence-corrected chi connectivity index (χ1v) is 6.18. The van der Waals surface area contributed by atoms with Gasteiger partial charge >= 0.3 is 0 Å². The van der Waals surface area contributed by atoms with Gasteiger partial charge in [-0.2, -0.15) is 5.10 Å². The maximum Gasteiger partial charge on any atom is 0.280 e. The van der Waals surface area contributed by atoms with Crippen molar-refractivity contribution in [1.29, 1.82) is 0 Å². The first-order chi connectivity index (χ1) is 8.56. The van der Waals surface area contributed by atoms with Crippen LogP contribution in [0.3, 0.4) is 0 Å². The number of rotatable bonds is 4. The summed E-state index contributed by atoms with van der Waals surface area (Å²) in [5.41, 5.74) is 0.299. The van der Waals surface area contributed by atoms with Crippen molar-refractivity contribution < 1.29 is 13.6 Å². The molecule has 1 heterocycles. The first kappa shape index (κ1) is 13.0. The Kier molecular flexibility index (Phi) is 3.93. The lowest BCUT2D eigenvalue weighted by atomic mass is 10.2. The Hall–Kier alpha value is -1.46. The molecule has 6 heteroatoms. The fraction of sp³-hybridized carbons (Fsp3) is 0.667. The molecule has 1 amide bonds. The average molecular weight is 257 g/mol. The number of hydrogen-bond donors (Lipinski definition) is 1. The summed E-state index contributed by atoms with van der Waals surface area (Å²) in [5.74, 6) is -0.244. The molecule has 0 aromatic carbocycles. The molecule has 1 N–H and O–H groups in total. The molecule has 0 aliphatic heterocycles. The van der Waals surface area contributed by atoms with Crippen LogP contribution in [0.4, 0.5) is 8.78 Å². The van der Waals surface area contributed by atoms with Gasteiger partial charge in [0.05, 0.1) is 5.69 Å². The van der Waals surface area contributed by atoms with Crippen LogP contribution in [0.1, 0.15) is 43.5 Å². The molecular weight excluding hydrogens is 240 g/mol. The molecular formula is C12H17F2N3O. The molecule has 0 saturated heterocycles. The fourth-order valence-corrected chi connectivity index (χ4v) is 2.35. The predicted octanol–water partition coefficient (Wildman–Crippen LogP) is 2.19. The van der Waals surface area contributed by atoms with E-state index >= 15 is 0 Å². The minimum atomic E-state index is -2.61. The molecule has 18 heavy (non-hydrogen) atoms. The van der Waals surface area contributed by atoms with Crippen molar-refractivity contribution in [3.63, 3.8) is 0 Å². The van der Waals surface area contributed by atoms with Crippen LogP contribution in [-0.2, 0) is 11.3 Å². The third kappa shape index (κ3) is 3.05. The molecule has 0 unspecified atom stereocenters. The van der Waals surface area contributed by atoms with E-state index in [1.165, 1.54) is 6.07 Å². The zero-order valence-corrected chi connectivity index (χ0v) is 10.3. The lowest BCUT2D eigenvalue weighted by Gasteiger charge is -2.12. The van der Waals surface area contributed by atoms with Crippen LogP contribution in [-0.4, -0.2) is 21.7 Å². The predicted molar refractivity (Wildman–Crippen MR) is 62.3 cm³/mol. The SMILES string of the molecule is Cc1cc(C(F)F)n(CC(=O)NC2CCCC2)n1. The van der Waals surface area contributed by atoms with Crippen LogP contribution in [0.5, 0.6) is 0 Å². The van der Waals surface area contributed by atoms with Crippen LogP contribution in [0.25, 0.3) is 0 Å². The summed E-state index contributed by atoms with van der Waals surface area (Å²) >= 11 is 0. The van der Waals surface area contributed by atoms with Crippen molar-refractivity contribution in [2.24, 2.45) is 0 Å². The van der Waals surface area contributed by atoms with Crippen molar-refractivity contribution in [3.8, 4) is 0 Å². The maximum atomic E-state index is 12.7. The van der Waals surface area contributed by atoms with Crippen molar-refractivity contribution >= 4 is 5.91 Å². The normalized spacial score (nSPS) is 16.4. The number of hydrogen-bond acceptors (Lipinski definition) is 2.